The first-order valence-electron chi connectivity index (χ1n) is 12.6. The third kappa shape index (κ3) is 6.94. The van der Waals surface area contributed by atoms with E-state index in [-0.39, 0.29) is 17.9 Å². The average molecular weight is 453 g/mol. The number of nitrogens with one attached hydrogen (secondary N) is 2. The highest BCUT2D eigenvalue weighted by atomic mass is 16.2. The predicted molar refractivity (Wildman–Crippen MR) is 134 cm³/mol. The van der Waals surface area contributed by atoms with E-state index in [1.807, 2.05) is 49.4 Å². The van der Waals surface area contributed by atoms with Gasteiger partial charge in [-0.3, -0.25) is 9.59 Å². The summed E-state index contributed by atoms with van der Waals surface area (Å²) in [6.45, 7) is 9.59. The lowest BCUT2D eigenvalue weighted by Gasteiger charge is -2.31. The number of aromatic amines is 1. The number of H-pyrrole nitrogens is 1. The van der Waals surface area contributed by atoms with Crippen molar-refractivity contribution >= 4 is 11.8 Å². The van der Waals surface area contributed by atoms with Gasteiger partial charge in [0.05, 0.1) is 0 Å². The van der Waals surface area contributed by atoms with Gasteiger partial charge in [0.2, 0.25) is 5.91 Å². The molecule has 0 saturated heterocycles. The maximum absolute atomic E-state index is 13.5. The fraction of sp³-hybridized carbons (Fsp3) is 0.556. The van der Waals surface area contributed by atoms with Gasteiger partial charge in [0.15, 0.2) is 0 Å². The molecule has 1 aromatic heterocycles. The first-order chi connectivity index (χ1) is 16.0. The van der Waals surface area contributed by atoms with Crippen LogP contribution in [0.1, 0.15) is 69.8 Å². The molecule has 0 radical (unpaired) electrons. The van der Waals surface area contributed by atoms with Gasteiger partial charge in [0.25, 0.3) is 5.91 Å². The van der Waals surface area contributed by atoms with Gasteiger partial charge in [-0.1, -0.05) is 63.4 Å². The zero-order valence-corrected chi connectivity index (χ0v) is 20.5. The van der Waals surface area contributed by atoms with Crippen LogP contribution in [0.2, 0.25) is 0 Å². The summed E-state index contributed by atoms with van der Waals surface area (Å²) in [6.07, 6.45) is 6.47. The van der Waals surface area contributed by atoms with Gasteiger partial charge in [0, 0.05) is 18.3 Å². The number of benzene rings is 1. The van der Waals surface area contributed by atoms with E-state index in [4.69, 9.17) is 0 Å². The summed E-state index contributed by atoms with van der Waals surface area (Å²) in [5, 5.41) is 3.20. The van der Waals surface area contributed by atoms with E-state index in [9.17, 15) is 9.59 Å². The molecule has 3 rings (SSSR count). The van der Waals surface area contributed by atoms with E-state index >= 15 is 0 Å². The fourth-order valence-corrected chi connectivity index (χ4v) is 4.65. The molecule has 0 aliphatic heterocycles. The van der Waals surface area contributed by atoms with Crippen molar-refractivity contribution in [3.8, 4) is 11.3 Å². The van der Waals surface area contributed by atoms with E-state index < -0.39 is 6.04 Å². The highest BCUT2D eigenvalue weighted by molar-refractivity contribution is 5.96. The van der Waals surface area contributed by atoms with Crippen LogP contribution < -0.4 is 5.32 Å². The molecule has 1 aromatic carbocycles. The molecule has 1 aliphatic carbocycles. The van der Waals surface area contributed by atoms with Crippen molar-refractivity contribution in [3.05, 3.63) is 48.2 Å². The van der Waals surface area contributed by atoms with Crippen molar-refractivity contribution in [2.75, 3.05) is 26.2 Å². The molecule has 1 aliphatic rings. The second kappa shape index (κ2) is 12.6. The molecule has 1 atom stereocenters. The minimum absolute atomic E-state index is 0.0482. The molecule has 2 N–H and O–H groups in total. The van der Waals surface area contributed by atoms with Gasteiger partial charge in [-0.15, -0.1) is 0 Å². The van der Waals surface area contributed by atoms with Crippen molar-refractivity contribution < 1.29 is 9.59 Å². The molecule has 0 spiro atoms. The SMILES string of the molecule is CCN(CC)CCCN(C(=O)c1ccc(-c2ccccc2)[nH]1)C(C)C(=O)NC1CCCCC1. The van der Waals surface area contributed by atoms with Gasteiger partial charge in [-0.2, -0.15) is 0 Å². The Morgan fingerprint density at radius 2 is 1.70 bits per heavy atom. The van der Waals surface area contributed by atoms with Crippen LogP contribution in [0.4, 0.5) is 0 Å². The number of hydrogen-bond donors (Lipinski definition) is 2. The maximum atomic E-state index is 13.5. The molecule has 2 aromatic rings. The first kappa shape index (κ1) is 25.0. The molecule has 1 heterocycles. The number of nitrogens with zero attached hydrogens (tertiary/aromatic N) is 2. The molecule has 6 nitrogen and oxygen atoms in total. The number of carbonyl (C=O) groups excluding carboxylic acids is 2. The smallest absolute Gasteiger partial charge is 0.270 e. The van der Waals surface area contributed by atoms with E-state index in [0.717, 1.165) is 63.0 Å². The number of hydrogen-bond acceptors (Lipinski definition) is 3. The third-order valence-corrected chi connectivity index (χ3v) is 6.83. The molecule has 180 valence electrons. The molecule has 1 fully saturated rings. The Kier molecular flexibility index (Phi) is 9.55. The van der Waals surface area contributed by atoms with Crippen LogP contribution >= 0.6 is 0 Å². The Morgan fingerprint density at radius 3 is 2.36 bits per heavy atom. The van der Waals surface area contributed by atoms with Crippen LogP contribution in [0.25, 0.3) is 11.3 Å². The monoisotopic (exact) mass is 452 g/mol. The summed E-state index contributed by atoms with van der Waals surface area (Å²) in [5.41, 5.74) is 2.46. The first-order valence-corrected chi connectivity index (χ1v) is 12.6. The average Bonchev–Trinajstić information content (AvgIpc) is 3.35. The van der Waals surface area contributed by atoms with Gasteiger partial charge in [0.1, 0.15) is 11.7 Å². The summed E-state index contributed by atoms with van der Waals surface area (Å²) in [4.78, 5) is 34.0. The predicted octanol–water partition coefficient (Wildman–Crippen LogP) is 4.69. The molecule has 2 amide bonds. The molecular weight excluding hydrogens is 412 g/mol. The Balaban J connectivity index is 1.73. The summed E-state index contributed by atoms with van der Waals surface area (Å²) in [5.74, 6) is -0.170. The van der Waals surface area contributed by atoms with E-state index in [2.05, 4.69) is 29.0 Å². The lowest BCUT2D eigenvalue weighted by atomic mass is 9.95. The van der Waals surface area contributed by atoms with Crippen molar-refractivity contribution in [1.82, 2.24) is 20.1 Å². The molecule has 0 bridgehead atoms. The fourth-order valence-electron chi connectivity index (χ4n) is 4.65. The highest BCUT2D eigenvalue weighted by Gasteiger charge is 2.29. The van der Waals surface area contributed by atoms with E-state index in [1.54, 1.807) is 4.90 Å². The summed E-state index contributed by atoms with van der Waals surface area (Å²) >= 11 is 0. The highest BCUT2D eigenvalue weighted by Crippen LogP contribution is 2.21. The van der Waals surface area contributed by atoms with Gasteiger partial charge >= 0.3 is 0 Å². The van der Waals surface area contributed by atoms with Crippen LogP contribution in [0.15, 0.2) is 42.5 Å². The van der Waals surface area contributed by atoms with Crippen molar-refractivity contribution in [3.63, 3.8) is 0 Å². The third-order valence-electron chi connectivity index (χ3n) is 6.83. The van der Waals surface area contributed by atoms with Crippen LogP contribution in [-0.2, 0) is 4.79 Å². The van der Waals surface area contributed by atoms with Gasteiger partial charge < -0.3 is 20.1 Å². The normalized spacial score (nSPS) is 15.4. The molecule has 33 heavy (non-hydrogen) atoms. The van der Waals surface area contributed by atoms with Crippen molar-refractivity contribution in [2.24, 2.45) is 0 Å². The Bertz CT molecular complexity index is 869. The van der Waals surface area contributed by atoms with Crippen LogP contribution in [0.5, 0.6) is 0 Å². The van der Waals surface area contributed by atoms with E-state index in [1.165, 1.54) is 6.42 Å². The summed E-state index contributed by atoms with van der Waals surface area (Å²) in [6, 6.07) is 13.4. The minimum atomic E-state index is -0.514. The topological polar surface area (TPSA) is 68.4 Å². The van der Waals surface area contributed by atoms with Crippen LogP contribution in [0, 0.1) is 0 Å². The largest absolute Gasteiger partial charge is 0.352 e. The Morgan fingerprint density at radius 1 is 1.00 bits per heavy atom. The number of amides is 2. The zero-order valence-electron chi connectivity index (χ0n) is 20.5. The van der Waals surface area contributed by atoms with Crippen molar-refractivity contribution in [1.29, 1.82) is 0 Å². The molecular formula is C27H40N4O2. The quantitative estimate of drug-likeness (QED) is 0.520. The lowest BCUT2D eigenvalue weighted by Crippen LogP contribution is -2.51. The van der Waals surface area contributed by atoms with Crippen molar-refractivity contribution in [2.45, 2.75) is 71.4 Å². The Labute approximate surface area is 198 Å². The van der Waals surface area contributed by atoms with Gasteiger partial charge in [-0.05, 0) is 63.5 Å². The summed E-state index contributed by atoms with van der Waals surface area (Å²) in [7, 11) is 0. The number of rotatable bonds is 11. The minimum Gasteiger partial charge on any atom is -0.352 e. The number of carbonyl (C=O) groups is 2. The second-order valence-corrected chi connectivity index (χ2v) is 9.05. The van der Waals surface area contributed by atoms with Crippen LogP contribution in [-0.4, -0.2) is 64.9 Å². The molecule has 1 saturated carbocycles. The lowest BCUT2D eigenvalue weighted by molar-refractivity contribution is -0.126. The molecule has 1 unspecified atom stereocenters. The summed E-state index contributed by atoms with van der Waals surface area (Å²) < 4.78 is 0. The maximum Gasteiger partial charge on any atom is 0.270 e. The standard InChI is InChI=1S/C27H40N4O2/c1-4-30(5-2)19-12-20-31(21(3)26(32)28-23-15-10-7-11-16-23)27(33)25-18-17-24(29-25)22-13-8-6-9-14-22/h6,8-9,13-14,17-18,21,23,29H,4-5,7,10-12,15-16,19-20H2,1-3H3,(H,28,32). The van der Waals surface area contributed by atoms with E-state index in [0.29, 0.717) is 12.2 Å². The zero-order chi connectivity index (χ0) is 23.6. The molecule has 6 heteroatoms. The number of aromatic nitrogens is 1. The second-order valence-electron chi connectivity index (χ2n) is 9.05. The van der Waals surface area contributed by atoms with Crippen LogP contribution in [0.3, 0.4) is 0 Å². The Hall–Kier alpha value is -2.60. The van der Waals surface area contributed by atoms with Gasteiger partial charge in [-0.25, -0.2) is 0 Å².